The Morgan fingerprint density at radius 1 is 1.11 bits per heavy atom. The largest absolute Gasteiger partial charge is 0.490 e. The molecule has 0 heterocycles. The highest BCUT2D eigenvalue weighted by Gasteiger charge is 2.06. The molecule has 140 valence electrons. The quantitative estimate of drug-likeness (QED) is 0.421. The number of hydrogen-bond acceptors (Lipinski definition) is 4. The average Bonchev–Trinajstić information content (AvgIpc) is 2.64. The monoisotopic (exact) mass is 365 g/mol. The summed E-state index contributed by atoms with van der Waals surface area (Å²) in [6.07, 6.45) is 1.32. The first-order valence-corrected chi connectivity index (χ1v) is 8.72. The third kappa shape index (κ3) is 5.89. The molecule has 1 N–H and O–H groups in total. The Bertz CT molecular complexity index is 861. The molecule has 5 heteroatoms. The predicted molar refractivity (Wildman–Crippen MR) is 104 cm³/mol. The summed E-state index contributed by atoms with van der Waals surface area (Å²) in [4.78, 5) is 10.8. The second kappa shape index (κ2) is 9.44. The van der Waals surface area contributed by atoms with E-state index in [9.17, 15) is 4.79 Å². The molecular formula is C22H23NO4. The lowest BCUT2D eigenvalue weighted by atomic mass is 9.98. The standard InChI is InChI=1S/C22H23NO4/c1-15(2)21-9-8-20(12-16(21)3)27-11-10-26-19-6-4-17(5-7-19)13-18(14-23)22(24)25/h4-9,12-13,15H,10-11H2,1-3H3,(H,24,25). The van der Waals surface area contributed by atoms with Gasteiger partial charge >= 0.3 is 5.97 Å². The minimum Gasteiger partial charge on any atom is -0.490 e. The molecule has 0 aromatic heterocycles. The lowest BCUT2D eigenvalue weighted by molar-refractivity contribution is -0.132. The van der Waals surface area contributed by atoms with E-state index in [1.807, 2.05) is 12.1 Å². The predicted octanol–water partition coefficient (Wildman–Crippen LogP) is 4.57. The summed E-state index contributed by atoms with van der Waals surface area (Å²) in [7, 11) is 0. The van der Waals surface area contributed by atoms with E-state index in [-0.39, 0.29) is 5.57 Å². The van der Waals surface area contributed by atoms with Gasteiger partial charge in [-0.1, -0.05) is 32.0 Å². The second-order valence-corrected chi connectivity index (χ2v) is 6.41. The van der Waals surface area contributed by atoms with Gasteiger partial charge in [-0.3, -0.25) is 0 Å². The smallest absolute Gasteiger partial charge is 0.346 e. The first-order chi connectivity index (χ1) is 12.9. The molecule has 0 unspecified atom stereocenters. The van der Waals surface area contributed by atoms with E-state index in [4.69, 9.17) is 19.8 Å². The molecule has 0 saturated heterocycles. The van der Waals surface area contributed by atoms with Crippen LogP contribution in [-0.4, -0.2) is 24.3 Å². The van der Waals surface area contributed by atoms with Gasteiger partial charge < -0.3 is 14.6 Å². The Morgan fingerprint density at radius 2 is 1.70 bits per heavy atom. The number of nitrogens with zero attached hydrogens (tertiary/aromatic N) is 1. The van der Waals surface area contributed by atoms with Crippen LogP contribution in [0.25, 0.3) is 6.08 Å². The zero-order valence-electron chi connectivity index (χ0n) is 15.7. The van der Waals surface area contributed by atoms with Crippen LogP contribution in [0.1, 0.15) is 36.5 Å². The number of aliphatic carboxylic acids is 1. The van der Waals surface area contributed by atoms with Gasteiger partial charge in [0.2, 0.25) is 0 Å². The first-order valence-electron chi connectivity index (χ1n) is 8.72. The number of ether oxygens (including phenoxy) is 2. The van der Waals surface area contributed by atoms with Gasteiger partial charge in [-0.25, -0.2) is 4.79 Å². The normalized spacial score (nSPS) is 11.1. The number of benzene rings is 2. The molecule has 2 rings (SSSR count). The number of rotatable bonds is 8. The fraction of sp³-hybridized carbons (Fsp3) is 0.273. The van der Waals surface area contributed by atoms with Crippen LogP contribution in [0.4, 0.5) is 0 Å². The zero-order valence-corrected chi connectivity index (χ0v) is 15.7. The number of carboxylic acid groups (broad SMARTS) is 1. The molecule has 27 heavy (non-hydrogen) atoms. The molecule has 2 aromatic rings. The Kier molecular flexibility index (Phi) is 7.01. The lowest BCUT2D eigenvalue weighted by Crippen LogP contribution is -2.09. The van der Waals surface area contributed by atoms with E-state index < -0.39 is 5.97 Å². The van der Waals surface area contributed by atoms with Crippen molar-refractivity contribution in [2.45, 2.75) is 26.7 Å². The molecule has 0 spiro atoms. The third-order valence-electron chi connectivity index (χ3n) is 4.03. The van der Waals surface area contributed by atoms with Crippen LogP contribution in [0, 0.1) is 18.3 Å². The van der Waals surface area contributed by atoms with Crippen LogP contribution in [0.3, 0.4) is 0 Å². The fourth-order valence-corrected chi connectivity index (χ4v) is 2.67. The number of aryl methyl sites for hydroxylation is 1. The molecule has 0 aliphatic heterocycles. The summed E-state index contributed by atoms with van der Waals surface area (Å²) in [6, 6.07) is 14.6. The molecule has 0 radical (unpaired) electrons. The van der Waals surface area contributed by atoms with Crippen molar-refractivity contribution in [3.63, 3.8) is 0 Å². The Hall–Kier alpha value is -3.26. The van der Waals surface area contributed by atoms with Gasteiger partial charge in [-0.05, 0) is 59.9 Å². The van der Waals surface area contributed by atoms with Gasteiger partial charge in [0.1, 0.15) is 36.4 Å². The van der Waals surface area contributed by atoms with E-state index in [0.717, 1.165) is 5.75 Å². The van der Waals surface area contributed by atoms with Crippen LogP contribution in [0.5, 0.6) is 11.5 Å². The number of hydrogen-bond donors (Lipinski definition) is 1. The first kappa shape index (κ1) is 20.1. The highest BCUT2D eigenvalue weighted by molar-refractivity contribution is 5.96. The average molecular weight is 365 g/mol. The van der Waals surface area contributed by atoms with Gasteiger partial charge in [0.25, 0.3) is 0 Å². The zero-order chi connectivity index (χ0) is 19.8. The van der Waals surface area contributed by atoms with Crippen LogP contribution in [0.15, 0.2) is 48.0 Å². The van der Waals surface area contributed by atoms with E-state index in [1.54, 1.807) is 30.3 Å². The Balaban J connectivity index is 1.85. The molecule has 0 atom stereocenters. The summed E-state index contributed by atoms with van der Waals surface area (Å²) >= 11 is 0. The summed E-state index contributed by atoms with van der Waals surface area (Å²) in [6.45, 7) is 7.22. The van der Waals surface area contributed by atoms with Gasteiger partial charge in [0.05, 0.1) is 0 Å². The van der Waals surface area contributed by atoms with Crippen LogP contribution >= 0.6 is 0 Å². The third-order valence-corrected chi connectivity index (χ3v) is 4.03. The molecule has 0 saturated carbocycles. The highest BCUT2D eigenvalue weighted by atomic mass is 16.5. The van der Waals surface area contributed by atoms with Crippen molar-refractivity contribution in [1.29, 1.82) is 5.26 Å². The number of carbonyl (C=O) groups is 1. The Morgan fingerprint density at radius 3 is 2.22 bits per heavy atom. The van der Waals surface area contributed by atoms with Gasteiger partial charge in [0, 0.05) is 0 Å². The minimum absolute atomic E-state index is 0.309. The molecule has 5 nitrogen and oxygen atoms in total. The summed E-state index contributed by atoms with van der Waals surface area (Å²) in [5.41, 5.74) is 2.84. The molecule has 0 amide bonds. The number of carboxylic acids is 1. The fourth-order valence-electron chi connectivity index (χ4n) is 2.67. The van der Waals surface area contributed by atoms with Crippen molar-refractivity contribution in [2.24, 2.45) is 0 Å². The summed E-state index contributed by atoms with van der Waals surface area (Å²) in [5.74, 6) is 0.709. The van der Waals surface area contributed by atoms with Crippen LogP contribution in [0.2, 0.25) is 0 Å². The van der Waals surface area contributed by atoms with Crippen molar-refractivity contribution in [3.05, 3.63) is 64.7 Å². The number of nitriles is 1. The highest BCUT2D eigenvalue weighted by Crippen LogP contribution is 2.23. The molecular weight excluding hydrogens is 342 g/mol. The maximum absolute atomic E-state index is 10.8. The van der Waals surface area contributed by atoms with Crippen LogP contribution in [-0.2, 0) is 4.79 Å². The summed E-state index contributed by atoms with van der Waals surface area (Å²) < 4.78 is 11.4. The van der Waals surface area contributed by atoms with Gasteiger partial charge in [-0.2, -0.15) is 5.26 Å². The maximum Gasteiger partial charge on any atom is 0.346 e. The van der Waals surface area contributed by atoms with E-state index in [0.29, 0.717) is 30.4 Å². The molecule has 2 aromatic carbocycles. The minimum atomic E-state index is -1.24. The lowest BCUT2D eigenvalue weighted by Gasteiger charge is -2.13. The van der Waals surface area contributed by atoms with Crippen molar-refractivity contribution in [1.82, 2.24) is 0 Å². The summed E-state index contributed by atoms with van der Waals surface area (Å²) in [5, 5.41) is 17.6. The van der Waals surface area contributed by atoms with E-state index in [1.165, 1.54) is 17.2 Å². The SMILES string of the molecule is Cc1cc(OCCOc2ccc(C=C(C#N)C(=O)O)cc2)ccc1C(C)C. The van der Waals surface area contributed by atoms with Crippen molar-refractivity contribution in [2.75, 3.05) is 13.2 Å². The van der Waals surface area contributed by atoms with E-state index >= 15 is 0 Å². The molecule has 0 aliphatic rings. The molecule has 0 fully saturated rings. The van der Waals surface area contributed by atoms with Crippen molar-refractivity contribution in [3.8, 4) is 17.6 Å². The maximum atomic E-state index is 10.8. The van der Waals surface area contributed by atoms with Crippen molar-refractivity contribution < 1.29 is 19.4 Å². The van der Waals surface area contributed by atoms with Crippen LogP contribution < -0.4 is 9.47 Å². The van der Waals surface area contributed by atoms with Gasteiger partial charge in [-0.15, -0.1) is 0 Å². The second-order valence-electron chi connectivity index (χ2n) is 6.41. The van der Waals surface area contributed by atoms with Crippen molar-refractivity contribution >= 4 is 12.0 Å². The van der Waals surface area contributed by atoms with Gasteiger partial charge in [0.15, 0.2) is 0 Å². The molecule has 0 bridgehead atoms. The van der Waals surface area contributed by atoms with E-state index in [2.05, 4.69) is 26.8 Å². The Labute approximate surface area is 159 Å². The molecule has 0 aliphatic carbocycles. The topological polar surface area (TPSA) is 79.5 Å².